The standard InChI is InChI=1S/C8H8O.C4H6O2/c1-2-7-3-5-8(9)6-4-7;1-3(2)4(5)6/h2-6,9H,1H2;1H2,2H3,(H,5,6). The number of aromatic hydroxyl groups is 1. The predicted molar refractivity (Wildman–Crippen MR) is 60.6 cm³/mol. The van der Waals surface area contributed by atoms with Crippen molar-refractivity contribution in [1.29, 1.82) is 0 Å². The lowest BCUT2D eigenvalue weighted by atomic mass is 10.2. The highest BCUT2D eigenvalue weighted by Crippen LogP contribution is 2.09. The van der Waals surface area contributed by atoms with Gasteiger partial charge in [0.1, 0.15) is 5.75 Å². The van der Waals surface area contributed by atoms with Crippen LogP contribution in [0.25, 0.3) is 6.08 Å². The van der Waals surface area contributed by atoms with Crippen molar-refractivity contribution < 1.29 is 15.0 Å². The van der Waals surface area contributed by atoms with E-state index in [1.165, 1.54) is 6.92 Å². The molecule has 0 heterocycles. The summed E-state index contributed by atoms with van der Waals surface area (Å²) >= 11 is 0. The lowest BCUT2D eigenvalue weighted by molar-refractivity contribution is -0.132. The molecule has 0 saturated heterocycles. The zero-order valence-electron chi connectivity index (χ0n) is 8.60. The van der Waals surface area contributed by atoms with E-state index in [4.69, 9.17) is 10.2 Å². The van der Waals surface area contributed by atoms with E-state index >= 15 is 0 Å². The number of carboxylic acid groups (broad SMARTS) is 1. The van der Waals surface area contributed by atoms with Gasteiger partial charge in [0.15, 0.2) is 0 Å². The Labute approximate surface area is 89.0 Å². The van der Waals surface area contributed by atoms with Crippen molar-refractivity contribution in [3.05, 3.63) is 48.6 Å². The fourth-order valence-electron chi connectivity index (χ4n) is 0.610. The monoisotopic (exact) mass is 206 g/mol. The third-order valence-electron chi connectivity index (χ3n) is 1.49. The number of carbonyl (C=O) groups is 1. The molecule has 0 aromatic heterocycles. The number of benzene rings is 1. The van der Waals surface area contributed by atoms with Gasteiger partial charge >= 0.3 is 5.97 Å². The summed E-state index contributed by atoms with van der Waals surface area (Å²) in [5.41, 5.74) is 1.20. The number of hydrogen-bond donors (Lipinski definition) is 2. The summed E-state index contributed by atoms with van der Waals surface area (Å²) in [6.07, 6.45) is 1.74. The minimum atomic E-state index is -0.935. The number of phenols is 1. The molecule has 80 valence electrons. The van der Waals surface area contributed by atoms with Gasteiger partial charge in [-0.05, 0) is 24.6 Å². The fraction of sp³-hybridized carbons (Fsp3) is 0.0833. The Hall–Kier alpha value is -2.03. The van der Waals surface area contributed by atoms with Crippen molar-refractivity contribution in [3.8, 4) is 5.75 Å². The van der Waals surface area contributed by atoms with E-state index < -0.39 is 5.97 Å². The molecule has 1 rings (SSSR count). The molecule has 2 N–H and O–H groups in total. The van der Waals surface area contributed by atoms with Crippen LogP contribution in [0.1, 0.15) is 12.5 Å². The van der Waals surface area contributed by atoms with Gasteiger partial charge in [0.05, 0.1) is 0 Å². The Kier molecular flexibility index (Phi) is 5.56. The van der Waals surface area contributed by atoms with Crippen molar-refractivity contribution in [1.82, 2.24) is 0 Å². The van der Waals surface area contributed by atoms with Gasteiger partial charge in [0.2, 0.25) is 0 Å². The molecule has 15 heavy (non-hydrogen) atoms. The molecule has 0 aliphatic heterocycles. The maximum atomic E-state index is 9.60. The molecule has 0 radical (unpaired) electrons. The van der Waals surface area contributed by atoms with Crippen molar-refractivity contribution in [2.24, 2.45) is 0 Å². The molecule has 0 saturated carbocycles. The molecule has 0 aliphatic rings. The number of carboxylic acids is 1. The molecule has 1 aromatic rings. The second-order valence-corrected chi connectivity index (χ2v) is 2.88. The Morgan fingerprint density at radius 1 is 1.33 bits per heavy atom. The average molecular weight is 206 g/mol. The van der Waals surface area contributed by atoms with Gasteiger partial charge in [-0.25, -0.2) is 4.79 Å². The van der Waals surface area contributed by atoms with Gasteiger partial charge in [0, 0.05) is 5.57 Å². The first-order valence-electron chi connectivity index (χ1n) is 4.27. The maximum Gasteiger partial charge on any atom is 0.330 e. The Morgan fingerprint density at radius 2 is 1.73 bits per heavy atom. The first-order chi connectivity index (χ1) is 6.97. The Morgan fingerprint density at radius 3 is 2.00 bits per heavy atom. The van der Waals surface area contributed by atoms with Gasteiger partial charge in [-0.15, -0.1) is 0 Å². The number of rotatable bonds is 2. The van der Waals surface area contributed by atoms with Gasteiger partial charge in [0.25, 0.3) is 0 Å². The normalized spacial score (nSPS) is 8.33. The molecular weight excluding hydrogens is 192 g/mol. The van der Waals surface area contributed by atoms with Crippen LogP contribution >= 0.6 is 0 Å². The zero-order chi connectivity index (χ0) is 11.8. The van der Waals surface area contributed by atoms with Crippen LogP contribution in [-0.2, 0) is 4.79 Å². The summed E-state index contributed by atoms with van der Waals surface area (Å²) in [5, 5.41) is 16.7. The first kappa shape index (κ1) is 13.0. The van der Waals surface area contributed by atoms with E-state index in [1.54, 1.807) is 18.2 Å². The minimum absolute atomic E-state index is 0.176. The van der Waals surface area contributed by atoms with Crippen molar-refractivity contribution in [3.63, 3.8) is 0 Å². The zero-order valence-corrected chi connectivity index (χ0v) is 8.60. The average Bonchev–Trinajstić information content (AvgIpc) is 2.20. The predicted octanol–water partition coefficient (Wildman–Crippen LogP) is 2.68. The maximum absolute atomic E-state index is 9.60. The molecule has 3 heteroatoms. The molecule has 0 amide bonds. The molecule has 0 atom stereocenters. The van der Waals surface area contributed by atoms with Gasteiger partial charge in [-0.1, -0.05) is 31.4 Å². The summed E-state index contributed by atoms with van der Waals surface area (Å²) in [6.45, 7) is 8.18. The van der Waals surface area contributed by atoms with Crippen LogP contribution in [0, 0.1) is 0 Å². The van der Waals surface area contributed by atoms with Crippen LogP contribution < -0.4 is 0 Å². The van der Waals surface area contributed by atoms with Crippen molar-refractivity contribution in [2.75, 3.05) is 0 Å². The fourth-order valence-corrected chi connectivity index (χ4v) is 0.610. The molecule has 0 spiro atoms. The second kappa shape index (κ2) is 6.43. The lowest BCUT2D eigenvalue weighted by Crippen LogP contribution is -1.92. The molecule has 0 unspecified atom stereocenters. The Balaban J connectivity index is 0.000000288. The highest BCUT2D eigenvalue weighted by atomic mass is 16.4. The molecule has 1 aromatic carbocycles. The molecular formula is C12H14O3. The lowest BCUT2D eigenvalue weighted by Gasteiger charge is -1.90. The number of phenolic OH excluding ortho intramolecular Hbond substituents is 1. The van der Waals surface area contributed by atoms with Gasteiger partial charge in [-0.3, -0.25) is 0 Å². The highest BCUT2D eigenvalue weighted by molar-refractivity contribution is 5.84. The third-order valence-corrected chi connectivity index (χ3v) is 1.49. The van der Waals surface area contributed by atoms with E-state index in [0.717, 1.165) is 5.56 Å². The largest absolute Gasteiger partial charge is 0.508 e. The minimum Gasteiger partial charge on any atom is -0.508 e. The number of aliphatic carboxylic acids is 1. The topological polar surface area (TPSA) is 57.5 Å². The van der Waals surface area contributed by atoms with E-state index in [1.807, 2.05) is 12.1 Å². The van der Waals surface area contributed by atoms with Crippen molar-refractivity contribution >= 4 is 12.0 Å². The van der Waals surface area contributed by atoms with Crippen LogP contribution in [0.4, 0.5) is 0 Å². The summed E-state index contributed by atoms with van der Waals surface area (Å²) < 4.78 is 0. The molecule has 0 bridgehead atoms. The Bertz CT molecular complexity index is 338. The van der Waals surface area contributed by atoms with Crippen LogP contribution in [0.3, 0.4) is 0 Å². The van der Waals surface area contributed by atoms with Crippen molar-refractivity contribution in [2.45, 2.75) is 6.92 Å². The SMILES string of the molecule is C=C(C)C(=O)O.C=Cc1ccc(O)cc1. The van der Waals surface area contributed by atoms with E-state index in [2.05, 4.69) is 13.2 Å². The summed E-state index contributed by atoms with van der Waals surface area (Å²) in [7, 11) is 0. The van der Waals surface area contributed by atoms with E-state index in [-0.39, 0.29) is 5.57 Å². The highest BCUT2D eigenvalue weighted by Gasteiger charge is 1.90. The van der Waals surface area contributed by atoms with E-state index in [9.17, 15) is 4.79 Å². The summed E-state index contributed by atoms with van der Waals surface area (Å²) in [6, 6.07) is 6.89. The number of hydrogen-bond acceptors (Lipinski definition) is 2. The van der Waals surface area contributed by atoms with Gasteiger partial charge in [-0.2, -0.15) is 0 Å². The van der Waals surface area contributed by atoms with E-state index in [0.29, 0.717) is 5.75 Å². The molecule has 0 fully saturated rings. The summed E-state index contributed by atoms with van der Waals surface area (Å²) in [4.78, 5) is 9.60. The molecule has 3 nitrogen and oxygen atoms in total. The van der Waals surface area contributed by atoms with Crippen LogP contribution in [0.2, 0.25) is 0 Å². The first-order valence-corrected chi connectivity index (χ1v) is 4.27. The third kappa shape index (κ3) is 6.10. The smallest absolute Gasteiger partial charge is 0.330 e. The van der Waals surface area contributed by atoms with Crippen LogP contribution in [0.15, 0.2) is 43.0 Å². The second-order valence-electron chi connectivity index (χ2n) is 2.88. The van der Waals surface area contributed by atoms with Gasteiger partial charge < -0.3 is 10.2 Å². The quantitative estimate of drug-likeness (QED) is 0.731. The summed E-state index contributed by atoms with van der Waals surface area (Å²) in [5.74, 6) is -0.643. The van der Waals surface area contributed by atoms with Crippen LogP contribution in [-0.4, -0.2) is 16.2 Å². The van der Waals surface area contributed by atoms with Crippen LogP contribution in [0.5, 0.6) is 5.75 Å². The molecule has 0 aliphatic carbocycles.